The molecule has 0 N–H and O–H groups in total. The lowest BCUT2D eigenvalue weighted by Gasteiger charge is -2.42. The molecule has 4 aromatic rings. The summed E-state index contributed by atoms with van der Waals surface area (Å²) in [6.45, 7) is 14.8. The number of rotatable bonds is 8. The molecule has 2 aromatic heterocycles. The largest absolute Gasteiger partial charge is 0.465 e. The first-order valence-corrected chi connectivity index (χ1v) is 16.7. The molecule has 0 bridgehead atoms. The quantitative estimate of drug-likeness (QED) is 0.184. The normalized spacial score (nSPS) is 15.3. The average molecular weight is 664 g/mol. The molecule has 0 unspecified atom stereocenters. The maximum absolute atomic E-state index is 16.3. The third-order valence-electron chi connectivity index (χ3n) is 8.27. The molecule has 1 aliphatic rings. The van der Waals surface area contributed by atoms with Crippen molar-refractivity contribution in [2.24, 2.45) is 0 Å². The second kappa shape index (κ2) is 12.7. The van der Waals surface area contributed by atoms with Gasteiger partial charge in [0, 0.05) is 37.6 Å². The number of para-hydroxylation sites is 1. The number of pyridine rings is 1. The number of allylic oxidation sites excluding steroid dienone is 1. The van der Waals surface area contributed by atoms with Crippen molar-refractivity contribution in [2.75, 3.05) is 37.9 Å². The maximum Gasteiger partial charge on any atom is 0.355 e. The van der Waals surface area contributed by atoms with Gasteiger partial charge in [-0.3, -0.25) is 0 Å². The minimum absolute atomic E-state index is 0.00554. The fourth-order valence-corrected chi connectivity index (χ4v) is 6.84. The number of carbonyl (C=O) groups excluding carboxylic acids is 1. The molecule has 1 fully saturated rings. The molecule has 1 saturated heterocycles. The van der Waals surface area contributed by atoms with Gasteiger partial charge < -0.3 is 14.5 Å². The molecule has 2 aromatic carbocycles. The number of piperazine rings is 1. The van der Waals surface area contributed by atoms with Crippen molar-refractivity contribution in [3.63, 3.8) is 0 Å². The first-order valence-electron chi connectivity index (χ1n) is 14.9. The number of nitrogens with zero attached hydrogens (tertiary/aromatic N) is 5. The van der Waals surface area contributed by atoms with Crippen LogP contribution in [0.1, 0.15) is 42.6 Å². The number of benzene rings is 2. The lowest BCUT2D eigenvalue weighted by Crippen LogP contribution is -2.52. The number of aromatic nitrogens is 3. The van der Waals surface area contributed by atoms with Crippen molar-refractivity contribution < 1.29 is 26.7 Å². The van der Waals surface area contributed by atoms with Crippen LogP contribution in [-0.4, -0.2) is 72.9 Å². The summed E-state index contributed by atoms with van der Waals surface area (Å²) < 4.78 is 63.8. The summed E-state index contributed by atoms with van der Waals surface area (Å²) >= 11 is 0. The summed E-state index contributed by atoms with van der Waals surface area (Å²) in [5.41, 5.74) is -1.14. The van der Waals surface area contributed by atoms with Gasteiger partial charge in [0.15, 0.2) is 21.3 Å². The van der Waals surface area contributed by atoms with Gasteiger partial charge in [0.05, 0.1) is 34.2 Å². The zero-order valence-electron chi connectivity index (χ0n) is 26.8. The summed E-state index contributed by atoms with van der Waals surface area (Å²) in [6, 6.07) is 9.08. The third-order valence-corrected chi connectivity index (χ3v) is 9.40. The molecule has 10 nitrogen and oxygen atoms in total. The van der Waals surface area contributed by atoms with E-state index in [0.29, 0.717) is 25.2 Å². The number of sulfone groups is 1. The van der Waals surface area contributed by atoms with E-state index in [0.717, 1.165) is 35.8 Å². The number of esters is 1. The van der Waals surface area contributed by atoms with Gasteiger partial charge in [-0.2, -0.15) is 4.98 Å². The molecule has 5 rings (SSSR count). The zero-order chi connectivity index (χ0) is 34.4. The molecule has 47 heavy (non-hydrogen) atoms. The van der Waals surface area contributed by atoms with Gasteiger partial charge in [-0.25, -0.2) is 36.3 Å². The van der Waals surface area contributed by atoms with Crippen molar-refractivity contribution in [1.82, 2.24) is 19.4 Å². The zero-order valence-corrected chi connectivity index (χ0v) is 27.6. The fraction of sp³-hybridized carbons (Fsp3) is 0.294. The number of hydrogen-bond acceptors (Lipinski definition) is 9. The van der Waals surface area contributed by atoms with Gasteiger partial charge in [-0.1, -0.05) is 45.2 Å². The number of carbonyl (C=O) groups is 1. The van der Waals surface area contributed by atoms with Crippen LogP contribution in [0.5, 0.6) is 0 Å². The van der Waals surface area contributed by atoms with Crippen molar-refractivity contribution in [3.05, 3.63) is 101 Å². The van der Waals surface area contributed by atoms with E-state index in [9.17, 15) is 18.0 Å². The van der Waals surface area contributed by atoms with Crippen molar-refractivity contribution in [3.8, 4) is 16.9 Å². The number of fused-ring (bicyclic) bond motifs is 1. The monoisotopic (exact) mass is 663 g/mol. The lowest BCUT2D eigenvalue weighted by atomic mass is 10.0. The van der Waals surface area contributed by atoms with Gasteiger partial charge in [-0.15, -0.1) is 0 Å². The second-order valence-electron chi connectivity index (χ2n) is 11.7. The molecule has 1 aliphatic heterocycles. The molecule has 13 heteroatoms. The summed E-state index contributed by atoms with van der Waals surface area (Å²) in [7, 11) is -2.81. The standard InChI is InChI=1S/C34H35F2N5O5S/c1-8-20(4)39-15-16-40(21(5)18-39)31-24-17-26(36)29(28-23(33(42)46-6)12-9-13-25(28)35)37-32(24)41(34(43)38-31)30-22(19(2)3)11-10-14-27(30)47(7,44)45/h8-14,17,19,21H,1,4,15-16,18H2,2-3,5-7H3/t21-/m0/s1. The Hall–Kier alpha value is -4.91. The first-order chi connectivity index (χ1) is 22.2. The van der Waals surface area contributed by atoms with Crippen LogP contribution in [0.15, 0.2) is 77.1 Å². The molecule has 0 aliphatic carbocycles. The molecular weight excluding hydrogens is 628 g/mol. The SMILES string of the molecule is C=CC(=C)N1CCN(c2nc(=O)n(-c3c(C(C)C)cccc3S(C)(=O)=O)c3nc(-c4c(F)cccc4C(=O)OC)c(F)cc23)[C@@H](C)C1. The minimum atomic E-state index is -3.92. The molecule has 1 atom stereocenters. The molecule has 0 radical (unpaired) electrons. The van der Waals surface area contributed by atoms with E-state index in [4.69, 9.17) is 4.74 Å². The highest BCUT2D eigenvalue weighted by Crippen LogP contribution is 2.36. The van der Waals surface area contributed by atoms with Crippen LogP contribution in [-0.2, 0) is 14.6 Å². The van der Waals surface area contributed by atoms with Gasteiger partial charge in [0.25, 0.3) is 0 Å². The van der Waals surface area contributed by atoms with E-state index in [1.807, 2.05) is 30.6 Å². The Labute approximate surface area is 271 Å². The number of halogens is 2. The van der Waals surface area contributed by atoms with E-state index in [-0.39, 0.29) is 45.0 Å². The Balaban J connectivity index is 1.92. The maximum atomic E-state index is 16.3. The summed E-state index contributed by atoms with van der Waals surface area (Å²) in [6.07, 6.45) is 2.67. The van der Waals surface area contributed by atoms with Crippen molar-refractivity contribution in [2.45, 2.75) is 37.6 Å². The Bertz CT molecular complexity index is 2110. The van der Waals surface area contributed by atoms with Crippen LogP contribution in [0.4, 0.5) is 14.6 Å². The second-order valence-corrected chi connectivity index (χ2v) is 13.7. The summed E-state index contributed by atoms with van der Waals surface area (Å²) in [4.78, 5) is 39.5. The van der Waals surface area contributed by atoms with Crippen LogP contribution < -0.4 is 10.6 Å². The molecule has 0 saturated carbocycles. The van der Waals surface area contributed by atoms with Crippen LogP contribution in [0.25, 0.3) is 28.0 Å². The van der Waals surface area contributed by atoms with Gasteiger partial charge in [0.2, 0.25) is 0 Å². The number of hydrogen-bond donors (Lipinski definition) is 0. The van der Waals surface area contributed by atoms with Crippen LogP contribution in [0.2, 0.25) is 0 Å². The molecule has 3 heterocycles. The predicted octanol–water partition coefficient (Wildman–Crippen LogP) is 5.25. The molecule has 0 spiro atoms. The summed E-state index contributed by atoms with van der Waals surface area (Å²) in [5, 5.41) is 0.0858. The number of anilines is 1. The summed E-state index contributed by atoms with van der Waals surface area (Å²) in [5.74, 6) is -3.01. The predicted molar refractivity (Wildman–Crippen MR) is 177 cm³/mol. The van der Waals surface area contributed by atoms with Crippen LogP contribution in [0.3, 0.4) is 0 Å². The Morgan fingerprint density at radius 3 is 2.43 bits per heavy atom. The van der Waals surface area contributed by atoms with E-state index in [1.165, 1.54) is 18.2 Å². The van der Waals surface area contributed by atoms with E-state index in [1.54, 1.807) is 18.2 Å². The first kappa shape index (κ1) is 33.5. The fourth-order valence-electron chi connectivity index (χ4n) is 5.95. The highest BCUT2D eigenvalue weighted by molar-refractivity contribution is 7.90. The van der Waals surface area contributed by atoms with E-state index in [2.05, 4.69) is 23.1 Å². The van der Waals surface area contributed by atoms with E-state index >= 15 is 8.78 Å². The lowest BCUT2D eigenvalue weighted by molar-refractivity contribution is 0.0601. The topological polar surface area (TPSA) is 115 Å². The molecule has 246 valence electrons. The number of ether oxygens (including phenoxy) is 1. The minimum Gasteiger partial charge on any atom is -0.465 e. The Kier molecular flexibility index (Phi) is 9.04. The Morgan fingerprint density at radius 2 is 1.81 bits per heavy atom. The van der Waals surface area contributed by atoms with Crippen molar-refractivity contribution >= 4 is 32.7 Å². The highest BCUT2D eigenvalue weighted by atomic mass is 32.2. The van der Waals surface area contributed by atoms with E-state index < -0.39 is 44.4 Å². The van der Waals surface area contributed by atoms with Gasteiger partial charge in [0.1, 0.15) is 17.3 Å². The molecular formula is C34H35F2N5O5S. The van der Waals surface area contributed by atoms with Gasteiger partial charge >= 0.3 is 11.7 Å². The smallest absolute Gasteiger partial charge is 0.355 e. The number of methoxy groups -OCH3 is 1. The third kappa shape index (κ3) is 6.02. The average Bonchev–Trinajstić information content (AvgIpc) is 3.03. The van der Waals surface area contributed by atoms with Crippen LogP contribution >= 0.6 is 0 Å². The Morgan fingerprint density at radius 1 is 1.11 bits per heavy atom. The highest BCUT2D eigenvalue weighted by Gasteiger charge is 2.31. The van der Waals surface area contributed by atoms with Crippen LogP contribution in [0, 0.1) is 11.6 Å². The molecule has 0 amide bonds. The van der Waals surface area contributed by atoms with Crippen molar-refractivity contribution in [1.29, 1.82) is 0 Å². The van der Waals surface area contributed by atoms with Gasteiger partial charge in [-0.05, 0) is 48.7 Å².